The van der Waals surface area contributed by atoms with Crippen LogP contribution in [0.15, 0.2) is 154 Å². The number of para-hydroxylation sites is 6. The highest BCUT2D eigenvalue weighted by Crippen LogP contribution is 2.49. The number of hydrogen-bond donors (Lipinski definition) is 0. The molecule has 0 spiro atoms. The number of rotatable bonds is 3. The van der Waals surface area contributed by atoms with Crippen molar-refractivity contribution in [1.82, 2.24) is 0 Å². The molecule has 2 aromatic heterocycles. The first-order chi connectivity index (χ1) is 24.7. The van der Waals surface area contributed by atoms with Gasteiger partial charge in [0.15, 0.2) is 11.2 Å². The summed E-state index contributed by atoms with van der Waals surface area (Å²) in [5.74, 6) is 0.303. The molecule has 2 aliphatic heterocycles. The lowest BCUT2D eigenvalue weighted by Crippen LogP contribution is -2.61. The van der Waals surface area contributed by atoms with Gasteiger partial charge in [-0.05, 0) is 76.4 Å². The van der Waals surface area contributed by atoms with Crippen LogP contribution in [0.5, 0.6) is 0 Å². The molecule has 0 aliphatic carbocycles. The monoisotopic (exact) mass is 642 g/mol. The predicted molar refractivity (Wildman–Crippen MR) is 209 cm³/mol. The largest absolute Gasteiger partial charge is 0.454 e. The van der Waals surface area contributed by atoms with Gasteiger partial charge >= 0.3 is 0 Å². The fraction of sp³-hybridized carbons (Fsp3) is 0.0667. The second-order valence-corrected chi connectivity index (χ2v) is 13.9. The third-order valence-corrected chi connectivity index (χ3v) is 10.8. The van der Waals surface area contributed by atoms with Crippen LogP contribution >= 0.6 is 0 Å². The number of anilines is 6. The van der Waals surface area contributed by atoms with E-state index >= 15 is 0 Å². The van der Waals surface area contributed by atoms with E-state index in [4.69, 9.17) is 8.83 Å². The van der Waals surface area contributed by atoms with Crippen LogP contribution in [-0.4, -0.2) is 6.71 Å². The van der Waals surface area contributed by atoms with E-state index in [1.807, 2.05) is 12.1 Å². The molecule has 11 rings (SSSR count). The predicted octanol–water partition coefficient (Wildman–Crippen LogP) is 10.7. The fourth-order valence-corrected chi connectivity index (χ4v) is 8.59. The Hall–Kier alpha value is -6.20. The van der Waals surface area contributed by atoms with Crippen molar-refractivity contribution in [3.63, 3.8) is 0 Å². The fourth-order valence-electron chi connectivity index (χ4n) is 8.59. The highest BCUT2D eigenvalue weighted by atomic mass is 16.3. The molecule has 0 saturated heterocycles. The maximum absolute atomic E-state index is 6.70. The maximum atomic E-state index is 6.70. The van der Waals surface area contributed by atoms with E-state index in [9.17, 15) is 0 Å². The van der Waals surface area contributed by atoms with Crippen molar-refractivity contribution in [3.05, 3.63) is 151 Å². The lowest BCUT2D eigenvalue weighted by molar-refractivity contribution is 0.669. The summed E-state index contributed by atoms with van der Waals surface area (Å²) in [6.07, 6.45) is 0. The minimum Gasteiger partial charge on any atom is -0.454 e. The minimum absolute atomic E-state index is 0.0471. The van der Waals surface area contributed by atoms with Gasteiger partial charge in [0.2, 0.25) is 0 Å². The first-order valence-electron chi connectivity index (χ1n) is 17.4. The molecule has 7 aromatic carbocycles. The van der Waals surface area contributed by atoms with E-state index in [0.717, 1.165) is 55.3 Å². The third-order valence-electron chi connectivity index (χ3n) is 10.8. The van der Waals surface area contributed by atoms with Gasteiger partial charge in [0, 0.05) is 44.3 Å². The van der Waals surface area contributed by atoms with E-state index in [-0.39, 0.29) is 6.71 Å². The van der Waals surface area contributed by atoms with Crippen LogP contribution in [0.3, 0.4) is 0 Å². The maximum Gasteiger partial charge on any atom is 0.252 e. The van der Waals surface area contributed by atoms with E-state index in [1.54, 1.807) is 0 Å². The molecule has 50 heavy (non-hydrogen) atoms. The lowest BCUT2D eigenvalue weighted by Gasteiger charge is -2.44. The molecule has 0 N–H and O–H groups in total. The van der Waals surface area contributed by atoms with Crippen molar-refractivity contribution in [3.8, 4) is 0 Å². The topological polar surface area (TPSA) is 32.8 Å². The molecule has 4 heterocycles. The Morgan fingerprint density at radius 2 is 0.860 bits per heavy atom. The van der Waals surface area contributed by atoms with Gasteiger partial charge in [0.25, 0.3) is 6.71 Å². The second kappa shape index (κ2) is 10.2. The summed E-state index contributed by atoms with van der Waals surface area (Å²) in [6, 6.07) is 52.4. The highest BCUT2D eigenvalue weighted by Gasteiger charge is 2.44. The van der Waals surface area contributed by atoms with Crippen molar-refractivity contribution in [2.24, 2.45) is 0 Å². The molecule has 236 valence electrons. The van der Waals surface area contributed by atoms with Crippen LogP contribution < -0.4 is 26.2 Å². The van der Waals surface area contributed by atoms with Gasteiger partial charge in [-0.15, -0.1) is 0 Å². The number of hydrogen-bond acceptors (Lipinski definition) is 4. The van der Waals surface area contributed by atoms with E-state index < -0.39 is 0 Å². The SMILES string of the molecule is CC(C)c1cc2c3c(c1)N(c1cccc4c1oc1ccccc14)c1ccccc1B3c1ccccc1N2c1cccc2c1oc1ccccc12. The molecule has 9 aromatic rings. The zero-order valence-corrected chi connectivity index (χ0v) is 27.7. The van der Waals surface area contributed by atoms with Crippen molar-refractivity contribution >= 4 is 101 Å². The van der Waals surface area contributed by atoms with E-state index in [0.29, 0.717) is 5.92 Å². The lowest BCUT2D eigenvalue weighted by atomic mass is 9.33. The van der Waals surface area contributed by atoms with Crippen molar-refractivity contribution in [2.45, 2.75) is 19.8 Å². The van der Waals surface area contributed by atoms with Crippen LogP contribution in [-0.2, 0) is 0 Å². The molecule has 0 atom stereocenters. The number of fused-ring (bicyclic) bond motifs is 10. The average molecular weight is 643 g/mol. The Morgan fingerprint density at radius 3 is 1.36 bits per heavy atom. The zero-order chi connectivity index (χ0) is 33.1. The van der Waals surface area contributed by atoms with Crippen LogP contribution in [0.2, 0.25) is 0 Å². The summed E-state index contributed by atoms with van der Waals surface area (Å²) in [7, 11) is 0. The molecule has 0 saturated carbocycles. The Morgan fingerprint density at radius 1 is 0.440 bits per heavy atom. The van der Waals surface area contributed by atoms with Gasteiger partial charge in [0.1, 0.15) is 11.2 Å². The standard InChI is InChI=1S/C45H31BN2O2/c1-27(2)28-25-39-43-40(26-28)48(38-22-12-16-32-30-14-4-10-24-42(30)50-45(32)38)36-20-8-6-18-34(36)46(43)33-17-5-7-19-35(33)47(39)37-21-11-15-31-29-13-3-9-23-41(29)49-44(31)37/h3-27H,1-2H3. The summed E-state index contributed by atoms with van der Waals surface area (Å²) in [4.78, 5) is 4.91. The van der Waals surface area contributed by atoms with Gasteiger partial charge < -0.3 is 18.6 Å². The molecule has 0 unspecified atom stereocenters. The Bertz CT molecular complexity index is 2660. The first kappa shape index (κ1) is 27.7. The first-order valence-corrected chi connectivity index (χ1v) is 17.4. The second-order valence-electron chi connectivity index (χ2n) is 13.9. The number of benzene rings is 7. The normalized spacial score (nSPS) is 13.5. The van der Waals surface area contributed by atoms with Gasteiger partial charge in [-0.2, -0.15) is 0 Å². The van der Waals surface area contributed by atoms with Crippen LogP contribution in [0.25, 0.3) is 43.9 Å². The summed E-state index contributed by atoms with van der Waals surface area (Å²) < 4.78 is 13.4. The average Bonchev–Trinajstić information content (AvgIpc) is 3.74. The zero-order valence-electron chi connectivity index (χ0n) is 27.7. The highest BCUT2D eigenvalue weighted by molar-refractivity contribution is 7.00. The van der Waals surface area contributed by atoms with Gasteiger partial charge in [0.05, 0.1) is 11.4 Å². The number of nitrogens with zero attached hydrogens (tertiary/aromatic N) is 2. The molecule has 0 radical (unpaired) electrons. The summed E-state index contributed by atoms with van der Waals surface area (Å²) in [5, 5.41) is 4.50. The van der Waals surface area contributed by atoms with E-state index in [2.05, 4.69) is 157 Å². The Balaban J connectivity index is 1.26. The molecule has 0 amide bonds. The van der Waals surface area contributed by atoms with Crippen LogP contribution in [0, 0.1) is 0 Å². The van der Waals surface area contributed by atoms with Crippen LogP contribution in [0.4, 0.5) is 34.1 Å². The summed E-state index contributed by atoms with van der Waals surface area (Å²) >= 11 is 0. The minimum atomic E-state index is 0.0471. The molecule has 5 heteroatoms. The molecular weight excluding hydrogens is 611 g/mol. The molecule has 4 nitrogen and oxygen atoms in total. The van der Waals surface area contributed by atoms with Gasteiger partial charge in [-0.3, -0.25) is 0 Å². The molecule has 2 aliphatic rings. The van der Waals surface area contributed by atoms with Gasteiger partial charge in [-0.1, -0.05) is 111 Å². The van der Waals surface area contributed by atoms with Crippen molar-refractivity contribution in [2.75, 3.05) is 9.80 Å². The van der Waals surface area contributed by atoms with Crippen molar-refractivity contribution in [1.29, 1.82) is 0 Å². The van der Waals surface area contributed by atoms with E-state index in [1.165, 1.54) is 44.7 Å². The quantitative estimate of drug-likeness (QED) is 0.180. The molecule has 0 fully saturated rings. The Labute approximate surface area is 289 Å². The smallest absolute Gasteiger partial charge is 0.252 e. The van der Waals surface area contributed by atoms with Gasteiger partial charge in [-0.25, -0.2) is 0 Å². The molecular formula is C45H31BN2O2. The molecule has 0 bridgehead atoms. The summed E-state index contributed by atoms with van der Waals surface area (Å²) in [5.41, 5.74) is 15.5. The Kier molecular flexibility index (Phi) is 5.63. The summed E-state index contributed by atoms with van der Waals surface area (Å²) in [6.45, 7) is 4.62. The van der Waals surface area contributed by atoms with Crippen molar-refractivity contribution < 1.29 is 8.83 Å². The van der Waals surface area contributed by atoms with Crippen LogP contribution in [0.1, 0.15) is 25.3 Å². The number of furan rings is 2. The third kappa shape index (κ3) is 3.67.